The summed E-state index contributed by atoms with van der Waals surface area (Å²) in [4.78, 5) is 21.9. The van der Waals surface area contributed by atoms with Gasteiger partial charge in [0.15, 0.2) is 0 Å². The number of nitro groups is 2. The van der Waals surface area contributed by atoms with Gasteiger partial charge in [0.05, 0.1) is 27.0 Å². The predicted octanol–water partition coefficient (Wildman–Crippen LogP) is 6.43. The first-order chi connectivity index (χ1) is 16.7. The van der Waals surface area contributed by atoms with E-state index >= 15 is 0 Å². The van der Waals surface area contributed by atoms with Gasteiger partial charge in [-0.15, -0.1) is 0 Å². The first-order valence-corrected chi connectivity index (χ1v) is 10.3. The van der Waals surface area contributed by atoms with E-state index in [1.54, 1.807) is 44.2 Å². The van der Waals surface area contributed by atoms with Crippen LogP contribution in [0.2, 0.25) is 0 Å². The highest BCUT2D eigenvalue weighted by atomic mass is 16.6. The summed E-state index contributed by atoms with van der Waals surface area (Å²) in [6, 6.07) is 14.0. The van der Waals surface area contributed by atoms with Crippen LogP contribution in [0.15, 0.2) is 48.5 Å². The van der Waals surface area contributed by atoms with Crippen molar-refractivity contribution in [2.75, 3.05) is 5.32 Å². The van der Waals surface area contributed by atoms with Crippen molar-refractivity contribution in [3.8, 4) is 23.6 Å². The number of anilines is 2. The SMILES string of the molecule is CC=Cc1cc(C)c(Oc2cc(Nc3ccc(C#N)cc3)c([N+](=O)[O-])cc2[N+](=O)[O-])c(C)c1C#N. The second-order valence-electron chi connectivity index (χ2n) is 7.49. The van der Waals surface area contributed by atoms with E-state index in [-0.39, 0.29) is 17.2 Å². The third kappa shape index (κ3) is 5.07. The lowest BCUT2D eigenvalue weighted by Gasteiger charge is -2.16. The highest BCUT2D eigenvalue weighted by Crippen LogP contribution is 2.43. The molecule has 35 heavy (non-hydrogen) atoms. The van der Waals surface area contributed by atoms with Gasteiger partial charge < -0.3 is 10.1 Å². The third-order valence-corrected chi connectivity index (χ3v) is 5.17. The molecule has 174 valence electrons. The van der Waals surface area contributed by atoms with Crippen LogP contribution >= 0.6 is 0 Å². The summed E-state index contributed by atoms with van der Waals surface area (Å²) in [5.41, 5.74) is 1.81. The molecule has 0 aliphatic carbocycles. The Morgan fingerprint density at radius 2 is 1.63 bits per heavy atom. The second-order valence-corrected chi connectivity index (χ2v) is 7.49. The Bertz CT molecular complexity index is 1450. The number of nitro benzene ring substituents is 2. The van der Waals surface area contributed by atoms with Crippen LogP contribution in [0.4, 0.5) is 22.7 Å². The van der Waals surface area contributed by atoms with Crippen LogP contribution in [-0.2, 0) is 0 Å². The van der Waals surface area contributed by atoms with Crippen LogP contribution in [0, 0.1) is 56.7 Å². The molecule has 0 spiro atoms. The summed E-state index contributed by atoms with van der Waals surface area (Å²) in [6.07, 6.45) is 3.56. The molecule has 3 aromatic rings. The van der Waals surface area contributed by atoms with Crippen molar-refractivity contribution in [2.45, 2.75) is 20.8 Å². The van der Waals surface area contributed by atoms with E-state index in [1.807, 2.05) is 13.0 Å². The van der Waals surface area contributed by atoms with Crippen LogP contribution in [0.1, 0.15) is 34.7 Å². The zero-order valence-electron chi connectivity index (χ0n) is 19.0. The Labute approximate surface area is 200 Å². The average molecular weight is 469 g/mol. The van der Waals surface area contributed by atoms with E-state index in [0.717, 1.165) is 6.07 Å². The fraction of sp³-hybridized carbons (Fsp3) is 0.120. The maximum absolute atomic E-state index is 11.7. The molecule has 0 amide bonds. The maximum atomic E-state index is 11.7. The van der Waals surface area contributed by atoms with E-state index in [9.17, 15) is 25.5 Å². The minimum Gasteiger partial charge on any atom is -0.449 e. The Balaban J connectivity index is 2.17. The summed E-state index contributed by atoms with van der Waals surface area (Å²) < 4.78 is 5.94. The molecule has 3 aromatic carbocycles. The van der Waals surface area contributed by atoms with Gasteiger partial charge in [-0.3, -0.25) is 20.2 Å². The van der Waals surface area contributed by atoms with Crippen LogP contribution < -0.4 is 10.1 Å². The van der Waals surface area contributed by atoms with Crippen molar-refractivity contribution in [3.05, 3.63) is 96.6 Å². The monoisotopic (exact) mass is 469 g/mol. The average Bonchev–Trinajstić information content (AvgIpc) is 2.82. The van der Waals surface area contributed by atoms with E-state index < -0.39 is 21.2 Å². The van der Waals surface area contributed by atoms with Crippen molar-refractivity contribution < 1.29 is 14.6 Å². The lowest BCUT2D eigenvalue weighted by Crippen LogP contribution is -2.03. The number of nitrogens with one attached hydrogen (secondary N) is 1. The van der Waals surface area contributed by atoms with Crippen molar-refractivity contribution >= 4 is 28.8 Å². The molecule has 0 bridgehead atoms. The van der Waals surface area contributed by atoms with Gasteiger partial charge in [-0.25, -0.2) is 0 Å². The van der Waals surface area contributed by atoms with Crippen LogP contribution in [0.25, 0.3) is 6.08 Å². The quantitative estimate of drug-likeness (QED) is 0.306. The van der Waals surface area contributed by atoms with E-state index in [4.69, 9.17) is 10.00 Å². The normalized spacial score (nSPS) is 10.4. The number of benzene rings is 3. The Morgan fingerprint density at radius 1 is 0.971 bits per heavy atom. The summed E-state index contributed by atoms with van der Waals surface area (Å²) in [6.45, 7) is 5.23. The summed E-state index contributed by atoms with van der Waals surface area (Å²) in [5, 5.41) is 44.9. The molecule has 10 heteroatoms. The van der Waals surface area contributed by atoms with E-state index in [1.165, 1.54) is 18.2 Å². The van der Waals surface area contributed by atoms with Gasteiger partial charge in [-0.05, 0) is 62.2 Å². The van der Waals surface area contributed by atoms with E-state index in [2.05, 4.69) is 11.4 Å². The van der Waals surface area contributed by atoms with Crippen molar-refractivity contribution in [1.29, 1.82) is 10.5 Å². The van der Waals surface area contributed by atoms with Crippen molar-refractivity contribution in [1.82, 2.24) is 0 Å². The molecule has 0 fully saturated rings. The minimum atomic E-state index is -0.766. The molecule has 0 aromatic heterocycles. The number of rotatable bonds is 7. The number of hydrogen-bond acceptors (Lipinski definition) is 8. The number of hydrogen-bond donors (Lipinski definition) is 1. The lowest BCUT2D eigenvalue weighted by atomic mass is 9.98. The molecule has 0 saturated heterocycles. The first-order valence-electron chi connectivity index (χ1n) is 10.3. The summed E-state index contributed by atoms with van der Waals surface area (Å²) in [7, 11) is 0. The van der Waals surface area contributed by atoms with Crippen molar-refractivity contribution in [2.24, 2.45) is 0 Å². The van der Waals surface area contributed by atoms with Gasteiger partial charge in [0.2, 0.25) is 5.75 Å². The number of nitrogens with zero attached hydrogens (tertiary/aromatic N) is 4. The minimum absolute atomic E-state index is 0.0401. The summed E-state index contributed by atoms with van der Waals surface area (Å²) in [5.74, 6) is 0.0155. The molecule has 0 unspecified atom stereocenters. The maximum Gasteiger partial charge on any atom is 0.318 e. The smallest absolute Gasteiger partial charge is 0.318 e. The number of aryl methyl sites for hydroxylation is 1. The Kier molecular flexibility index (Phi) is 7.08. The highest BCUT2D eigenvalue weighted by molar-refractivity contribution is 5.76. The Morgan fingerprint density at radius 3 is 2.17 bits per heavy atom. The summed E-state index contributed by atoms with van der Waals surface area (Å²) >= 11 is 0. The standard InChI is InChI=1S/C25H19N5O5/c1-4-5-18-10-15(2)25(16(3)20(18)14-27)35-24-11-21(22(29(31)32)12-23(24)30(33)34)28-19-8-6-17(13-26)7-9-19/h4-12,28H,1-3H3. The predicted molar refractivity (Wildman–Crippen MR) is 130 cm³/mol. The number of allylic oxidation sites excluding steroid dienone is 1. The molecule has 0 radical (unpaired) electrons. The highest BCUT2D eigenvalue weighted by Gasteiger charge is 2.27. The van der Waals surface area contributed by atoms with Gasteiger partial charge in [0.25, 0.3) is 5.69 Å². The second kappa shape index (κ2) is 10.1. The van der Waals surface area contributed by atoms with Gasteiger partial charge in [-0.2, -0.15) is 10.5 Å². The molecule has 1 N–H and O–H groups in total. The largest absolute Gasteiger partial charge is 0.449 e. The molecule has 10 nitrogen and oxygen atoms in total. The first kappa shape index (κ1) is 24.4. The van der Waals surface area contributed by atoms with Gasteiger partial charge in [0.1, 0.15) is 23.6 Å². The molecule has 0 saturated carbocycles. The van der Waals surface area contributed by atoms with Crippen LogP contribution in [0.3, 0.4) is 0 Å². The third-order valence-electron chi connectivity index (χ3n) is 5.17. The fourth-order valence-electron chi connectivity index (χ4n) is 3.54. The van der Waals surface area contributed by atoms with Gasteiger partial charge >= 0.3 is 5.69 Å². The molecular formula is C25H19N5O5. The fourth-order valence-corrected chi connectivity index (χ4v) is 3.54. The Hall–Kier alpha value is -5.22. The molecule has 3 rings (SSSR count). The molecule has 0 aliphatic heterocycles. The number of ether oxygens (including phenoxy) is 1. The molecule has 0 aliphatic rings. The van der Waals surface area contributed by atoms with Gasteiger partial charge in [-0.1, -0.05) is 12.2 Å². The van der Waals surface area contributed by atoms with Crippen LogP contribution in [0.5, 0.6) is 11.5 Å². The zero-order chi connectivity index (χ0) is 25.7. The van der Waals surface area contributed by atoms with Gasteiger partial charge in [0, 0.05) is 17.3 Å². The topological polar surface area (TPSA) is 155 Å². The molecule has 0 atom stereocenters. The lowest BCUT2D eigenvalue weighted by molar-refractivity contribution is -0.394. The molecular weight excluding hydrogens is 450 g/mol. The van der Waals surface area contributed by atoms with Crippen molar-refractivity contribution in [3.63, 3.8) is 0 Å². The van der Waals surface area contributed by atoms with E-state index in [0.29, 0.717) is 33.5 Å². The van der Waals surface area contributed by atoms with Crippen LogP contribution in [-0.4, -0.2) is 9.85 Å². The molecule has 0 heterocycles. The number of nitriles is 2. The zero-order valence-corrected chi connectivity index (χ0v) is 19.0.